The standard InChI is InChI=1S/C29H39F3N4O2/c1-19(2)33-13-6-16-38-26-11-10-24(20(3)21(26)4)25-8-5-7-23-18-35(14-15-36(23)25)28(37)22-9-12-27(34-17-22)29(30,31)32/h9-12,17,19,23,25,33H,5-8,13-16,18H2,1-4H3/t23?,25-/m1/s1. The summed E-state index contributed by atoms with van der Waals surface area (Å²) >= 11 is 0. The Kier molecular flexibility index (Phi) is 8.98. The summed E-state index contributed by atoms with van der Waals surface area (Å²) in [6.07, 6.45) is 0.598. The van der Waals surface area contributed by atoms with Gasteiger partial charge in [0.05, 0.1) is 12.2 Å². The van der Waals surface area contributed by atoms with Gasteiger partial charge in [0.2, 0.25) is 0 Å². The molecule has 2 aromatic rings. The van der Waals surface area contributed by atoms with E-state index in [1.807, 2.05) is 0 Å². The molecule has 2 atom stereocenters. The second-order valence-electron chi connectivity index (χ2n) is 10.7. The molecule has 6 nitrogen and oxygen atoms in total. The second kappa shape index (κ2) is 12.0. The normalized spacial score (nSPS) is 20.5. The van der Waals surface area contributed by atoms with Crippen molar-refractivity contribution in [1.29, 1.82) is 0 Å². The molecular weight excluding hydrogens is 493 g/mol. The largest absolute Gasteiger partial charge is 0.493 e. The summed E-state index contributed by atoms with van der Waals surface area (Å²) < 4.78 is 44.6. The molecule has 38 heavy (non-hydrogen) atoms. The Morgan fingerprint density at radius 2 is 1.92 bits per heavy atom. The molecule has 1 aromatic carbocycles. The maximum Gasteiger partial charge on any atom is 0.433 e. The van der Waals surface area contributed by atoms with Crippen LogP contribution in [0.2, 0.25) is 0 Å². The first-order valence-electron chi connectivity index (χ1n) is 13.6. The predicted octanol–water partition coefficient (Wildman–Crippen LogP) is 5.54. The molecule has 4 rings (SSSR count). The Bertz CT molecular complexity index is 1100. The highest BCUT2D eigenvalue weighted by Gasteiger charge is 2.38. The fourth-order valence-electron chi connectivity index (χ4n) is 5.62. The first-order chi connectivity index (χ1) is 18.1. The summed E-state index contributed by atoms with van der Waals surface area (Å²) in [6, 6.07) is 7.36. The number of hydrogen-bond acceptors (Lipinski definition) is 5. The van der Waals surface area contributed by atoms with Crippen LogP contribution in [0.5, 0.6) is 5.75 Å². The van der Waals surface area contributed by atoms with Gasteiger partial charge in [-0.2, -0.15) is 13.2 Å². The number of piperidine rings is 1. The van der Waals surface area contributed by atoms with Crippen molar-refractivity contribution < 1.29 is 22.7 Å². The summed E-state index contributed by atoms with van der Waals surface area (Å²) in [6.45, 7) is 12.0. The van der Waals surface area contributed by atoms with Crippen LogP contribution in [0.4, 0.5) is 13.2 Å². The molecule has 2 aliphatic rings. The van der Waals surface area contributed by atoms with E-state index in [-0.39, 0.29) is 23.6 Å². The Morgan fingerprint density at radius 1 is 1.13 bits per heavy atom. The molecule has 2 fully saturated rings. The molecule has 1 amide bonds. The number of aromatic nitrogens is 1. The highest BCUT2D eigenvalue weighted by molar-refractivity contribution is 5.94. The topological polar surface area (TPSA) is 57.7 Å². The highest BCUT2D eigenvalue weighted by Crippen LogP contribution is 2.39. The summed E-state index contributed by atoms with van der Waals surface area (Å²) in [5.74, 6) is 0.675. The summed E-state index contributed by atoms with van der Waals surface area (Å²) in [7, 11) is 0. The molecule has 0 radical (unpaired) electrons. The van der Waals surface area contributed by atoms with E-state index in [2.05, 4.69) is 55.0 Å². The van der Waals surface area contributed by atoms with Gasteiger partial charge >= 0.3 is 6.18 Å². The van der Waals surface area contributed by atoms with Gasteiger partial charge in [0.1, 0.15) is 11.4 Å². The first-order valence-corrected chi connectivity index (χ1v) is 13.6. The number of fused-ring (bicyclic) bond motifs is 1. The lowest BCUT2D eigenvalue weighted by atomic mass is 9.86. The van der Waals surface area contributed by atoms with Crippen LogP contribution in [0.15, 0.2) is 30.5 Å². The maximum absolute atomic E-state index is 13.1. The van der Waals surface area contributed by atoms with E-state index in [4.69, 9.17) is 4.74 Å². The SMILES string of the molecule is Cc1c(OCCCNC(C)C)ccc([C@H]2CCCC3CN(C(=O)c4ccc(C(F)(F)F)nc4)CCN32)c1C. The van der Waals surface area contributed by atoms with Gasteiger partial charge < -0.3 is 15.0 Å². The quantitative estimate of drug-likeness (QED) is 0.453. The third-order valence-electron chi connectivity index (χ3n) is 7.80. The number of carbonyl (C=O) groups excluding carboxylic acids is 1. The zero-order valence-corrected chi connectivity index (χ0v) is 22.8. The number of benzene rings is 1. The summed E-state index contributed by atoms with van der Waals surface area (Å²) in [5.41, 5.74) is 2.95. The van der Waals surface area contributed by atoms with Gasteiger partial charge in [0.15, 0.2) is 0 Å². The first kappa shape index (κ1) is 28.4. The van der Waals surface area contributed by atoms with E-state index in [1.54, 1.807) is 4.90 Å². The number of halogens is 3. The van der Waals surface area contributed by atoms with Gasteiger partial charge in [-0.3, -0.25) is 14.7 Å². The fraction of sp³-hybridized carbons (Fsp3) is 0.586. The lowest BCUT2D eigenvalue weighted by molar-refractivity contribution is -0.141. The van der Waals surface area contributed by atoms with Crippen LogP contribution in [0.25, 0.3) is 0 Å². The van der Waals surface area contributed by atoms with Crippen molar-refractivity contribution in [3.8, 4) is 5.75 Å². The van der Waals surface area contributed by atoms with Crippen molar-refractivity contribution in [2.24, 2.45) is 0 Å². The molecule has 3 heterocycles. The van der Waals surface area contributed by atoms with Gasteiger partial charge in [-0.25, -0.2) is 0 Å². The Hall–Kier alpha value is -2.65. The van der Waals surface area contributed by atoms with Crippen molar-refractivity contribution in [1.82, 2.24) is 20.1 Å². The van der Waals surface area contributed by atoms with E-state index in [0.717, 1.165) is 56.8 Å². The Morgan fingerprint density at radius 3 is 2.61 bits per heavy atom. The van der Waals surface area contributed by atoms with Crippen molar-refractivity contribution in [2.45, 2.75) is 77.7 Å². The molecule has 0 aliphatic carbocycles. The number of alkyl halides is 3. The van der Waals surface area contributed by atoms with Crippen molar-refractivity contribution in [3.05, 3.63) is 58.4 Å². The van der Waals surface area contributed by atoms with E-state index < -0.39 is 11.9 Å². The molecule has 1 N–H and O–H groups in total. The number of nitrogens with zero attached hydrogens (tertiary/aromatic N) is 3. The molecule has 0 spiro atoms. The molecule has 0 saturated carbocycles. The lowest BCUT2D eigenvalue weighted by Crippen LogP contribution is -2.57. The van der Waals surface area contributed by atoms with Crippen molar-refractivity contribution >= 4 is 5.91 Å². The van der Waals surface area contributed by atoms with E-state index in [9.17, 15) is 18.0 Å². The molecule has 2 saturated heterocycles. The molecule has 1 unspecified atom stereocenters. The van der Waals surface area contributed by atoms with E-state index in [1.165, 1.54) is 22.8 Å². The van der Waals surface area contributed by atoms with E-state index in [0.29, 0.717) is 25.7 Å². The number of nitrogens with one attached hydrogen (secondary N) is 1. The third kappa shape index (κ3) is 6.49. The van der Waals surface area contributed by atoms with Gasteiger partial charge in [-0.1, -0.05) is 19.9 Å². The van der Waals surface area contributed by atoms with Gasteiger partial charge in [0.25, 0.3) is 5.91 Å². The Labute approximate surface area is 223 Å². The van der Waals surface area contributed by atoms with Crippen LogP contribution in [-0.4, -0.2) is 65.6 Å². The maximum atomic E-state index is 13.1. The van der Waals surface area contributed by atoms with Crippen LogP contribution >= 0.6 is 0 Å². The predicted molar refractivity (Wildman–Crippen MR) is 141 cm³/mol. The second-order valence-corrected chi connectivity index (χ2v) is 10.7. The van der Waals surface area contributed by atoms with E-state index >= 15 is 0 Å². The minimum Gasteiger partial charge on any atom is -0.493 e. The minimum absolute atomic E-state index is 0.195. The van der Waals surface area contributed by atoms with Crippen LogP contribution in [0.1, 0.15) is 78.3 Å². The van der Waals surface area contributed by atoms with Crippen LogP contribution in [-0.2, 0) is 6.18 Å². The average molecular weight is 533 g/mol. The molecular formula is C29H39F3N4O2. The van der Waals surface area contributed by atoms with Gasteiger partial charge in [-0.05, 0) is 81.0 Å². The lowest BCUT2D eigenvalue weighted by Gasteiger charge is -2.48. The number of pyridine rings is 1. The van der Waals surface area contributed by atoms with Gasteiger partial charge in [-0.15, -0.1) is 0 Å². The zero-order valence-electron chi connectivity index (χ0n) is 22.8. The smallest absolute Gasteiger partial charge is 0.433 e. The highest BCUT2D eigenvalue weighted by atomic mass is 19.4. The number of amides is 1. The molecule has 9 heteroatoms. The zero-order chi connectivity index (χ0) is 27.4. The number of piperazine rings is 1. The number of carbonyl (C=O) groups is 1. The fourth-order valence-corrected chi connectivity index (χ4v) is 5.62. The number of hydrogen-bond donors (Lipinski definition) is 1. The monoisotopic (exact) mass is 532 g/mol. The van der Waals surface area contributed by atoms with Crippen molar-refractivity contribution in [3.63, 3.8) is 0 Å². The average Bonchev–Trinajstić information content (AvgIpc) is 2.89. The number of ether oxygens (including phenoxy) is 1. The minimum atomic E-state index is -4.52. The molecule has 208 valence electrons. The molecule has 2 aliphatic heterocycles. The molecule has 0 bridgehead atoms. The molecule has 1 aromatic heterocycles. The third-order valence-corrected chi connectivity index (χ3v) is 7.80. The summed E-state index contributed by atoms with van der Waals surface area (Å²) in [4.78, 5) is 20.8. The van der Waals surface area contributed by atoms with Crippen LogP contribution in [0.3, 0.4) is 0 Å². The number of rotatable bonds is 8. The van der Waals surface area contributed by atoms with Crippen molar-refractivity contribution in [2.75, 3.05) is 32.8 Å². The van der Waals surface area contributed by atoms with Gasteiger partial charge in [0, 0.05) is 44.0 Å². The van der Waals surface area contributed by atoms with Crippen LogP contribution in [0, 0.1) is 13.8 Å². The van der Waals surface area contributed by atoms with Crippen LogP contribution < -0.4 is 10.1 Å². The Balaban J connectivity index is 1.40. The summed E-state index contributed by atoms with van der Waals surface area (Å²) in [5, 5.41) is 3.41.